The van der Waals surface area contributed by atoms with E-state index in [-0.39, 0.29) is 17.0 Å². The van der Waals surface area contributed by atoms with Crippen LogP contribution >= 0.6 is 15.9 Å². The Balaban J connectivity index is 2.13. The molecule has 0 saturated carbocycles. The van der Waals surface area contributed by atoms with Crippen molar-refractivity contribution in [2.45, 2.75) is 0 Å². The van der Waals surface area contributed by atoms with E-state index >= 15 is 0 Å². The number of nitro groups is 1. The van der Waals surface area contributed by atoms with E-state index in [9.17, 15) is 14.9 Å². The van der Waals surface area contributed by atoms with Crippen LogP contribution in [0.4, 0.5) is 5.69 Å². The molecule has 0 aliphatic heterocycles. The van der Waals surface area contributed by atoms with Crippen LogP contribution in [-0.4, -0.2) is 31.2 Å². The molecule has 7 nitrogen and oxygen atoms in total. The summed E-state index contributed by atoms with van der Waals surface area (Å²) in [5, 5.41) is 10.9. The Bertz CT molecular complexity index is 749. The van der Waals surface area contributed by atoms with E-state index in [1.807, 2.05) is 0 Å². The van der Waals surface area contributed by atoms with Gasteiger partial charge in [0.15, 0.2) is 0 Å². The van der Waals surface area contributed by atoms with Crippen LogP contribution in [0.3, 0.4) is 0 Å². The van der Waals surface area contributed by atoms with Crippen molar-refractivity contribution in [3.63, 3.8) is 0 Å². The van der Waals surface area contributed by atoms with E-state index < -0.39 is 10.9 Å². The second kappa shape index (κ2) is 8.42. The number of para-hydroxylation sites is 2. The average molecular weight is 396 g/mol. The van der Waals surface area contributed by atoms with Crippen molar-refractivity contribution >= 4 is 27.6 Å². The molecule has 0 saturated heterocycles. The van der Waals surface area contributed by atoms with E-state index in [0.29, 0.717) is 23.4 Å². The fourth-order valence-corrected chi connectivity index (χ4v) is 2.33. The number of hydrogen-bond acceptors (Lipinski definition) is 6. The topological polar surface area (TPSA) is 87.9 Å². The normalized spacial score (nSPS) is 10.2. The summed E-state index contributed by atoms with van der Waals surface area (Å²) in [5.74, 6) is -0.258. The van der Waals surface area contributed by atoms with Crippen molar-refractivity contribution in [3.8, 4) is 11.5 Å². The number of esters is 1. The number of carbonyl (C=O) groups is 1. The molecule has 0 aliphatic rings. The van der Waals surface area contributed by atoms with Crippen LogP contribution in [0.5, 0.6) is 11.5 Å². The smallest absolute Gasteiger partial charge is 0.343 e. The molecule has 8 heteroatoms. The van der Waals surface area contributed by atoms with Crippen LogP contribution in [0.15, 0.2) is 46.9 Å². The molecule has 0 N–H and O–H groups in total. The van der Waals surface area contributed by atoms with Gasteiger partial charge in [-0.25, -0.2) is 4.79 Å². The summed E-state index contributed by atoms with van der Waals surface area (Å²) in [6.45, 7) is 0.809. The van der Waals surface area contributed by atoms with E-state index in [0.717, 1.165) is 0 Å². The quantitative estimate of drug-likeness (QED) is 0.234. The van der Waals surface area contributed by atoms with Gasteiger partial charge < -0.3 is 14.2 Å². The van der Waals surface area contributed by atoms with Crippen molar-refractivity contribution in [3.05, 3.63) is 62.6 Å². The lowest BCUT2D eigenvalue weighted by atomic mass is 10.2. The number of halogens is 1. The van der Waals surface area contributed by atoms with Crippen LogP contribution < -0.4 is 9.47 Å². The first-order valence-electron chi connectivity index (χ1n) is 6.90. The predicted octanol–water partition coefficient (Wildman–Crippen LogP) is 3.60. The van der Waals surface area contributed by atoms with Crippen LogP contribution in [0, 0.1) is 10.1 Å². The number of benzene rings is 2. The third-order valence-corrected chi connectivity index (χ3v) is 3.60. The van der Waals surface area contributed by atoms with Gasteiger partial charge in [-0.15, -0.1) is 0 Å². The maximum absolute atomic E-state index is 12.2. The van der Waals surface area contributed by atoms with Gasteiger partial charge in [0.25, 0.3) is 0 Å². The summed E-state index contributed by atoms with van der Waals surface area (Å²) in [5.41, 5.74) is -0.0384. The highest BCUT2D eigenvalue weighted by Gasteiger charge is 2.18. The number of rotatable bonds is 7. The Hall–Kier alpha value is -2.45. The number of methoxy groups -OCH3 is 1. The Morgan fingerprint density at radius 1 is 1.17 bits per heavy atom. The van der Waals surface area contributed by atoms with Crippen LogP contribution in [0.1, 0.15) is 10.4 Å². The maximum Gasteiger partial charge on any atom is 0.343 e. The van der Waals surface area contributed by atoms with E-state index in [1.54, 1.807) is 19.2 Å². The number of carbonyl (C=O) groups excluding carboxylic acids is 1. The van der Waals surface area contributed by atoms with Gasteiger partial charge in [0.05, 0.1) is 21.6 Å². The Kier molecular flexibility index (Phi) is 6.28. The molecule has 0 amide bonds. The van der Waals surface area contributed by atoms with Gasteiger partial charge in [-0.2, -0.15) is 0 Å². The summed E-state index contributed by atoms with van der Waals surface area (Å²) in [6.07, 6.45) is 0. The van der Waals surface area contributed by atoms with E-state index in [1.165, 1.54) is 30.3 Å². The van der Waals surface area contributed by atoms with Crippen molar-refractivity contribution in [2.75, 3.05) is 20.3 Å². The van der Waals surface area contributed by atoms with Gasteiger partial charge in [-0.3, -0.25) is 10.1 Å². The molecular formula is C16H14BrNO6. The number of hydrogen-bond donors (Lipinski definition) is 0. The predicted molar refractivity (Wildman–Crippen MR) is 89.6 cm³/mol. The Labute approximate surface area is 146 Å². The standard InChI is InChI=1S/C16H14BrNO6/c1-22-8-9-23-14-7-6-11(10-12(14)17)16(19)24-15-5-3-2-4-13(15)18(20)21/h2-7,10H,8-9H2,1H3. The van der Waals surface area contributed by atoms with Gasteiger partial charge >= 0.3 is 11.7 Å². The van der Waals surface area contributed by atoms with E-state index in [4.69, 9.17) is 14.2 Å². The minimum absolute atomic E-state index is 0.107. The number of nitro benzene ring substituents is 1. The fraction of sp³-hybridized carbons (Fsp3) is 0.188. The van der Waals surface area contributed by atoms with Crippen LogP contribution in [0.25, 0.3) is 0 Å². The summed E-state index contributed by atoms with van der Waals surface area (Å²) in [7, 11) is 1.57. The van der Waals surface area contributed by atoms with Gasteiger partial charge in [0, 0.05) is 13.2 Å². The summed E-state index contributed by atoms with van der Waals surface area (Å²) < 4.78 is 16.0. The molecule has 0 atom stereocenters. The third-order valence-electron chi connectivity index (χ3n) is 2.98. The molecule has 0 radical (unpaired) electrons. The molecule has 0 unspecified atom stereocenters. The van der Waals surface area contributed by atoms with Gasteiger partial charge in [-0.1, -0.05) is 12.1 Å². The van der Waals surface area contributed by atoms with Gasteiger partial charge in [0.1, 0.15) is 12.4 Å². The van der Waals surface area contributed by atoms with Crippen LogP contribution in [0.2, 0.25) is 0 Å². The third kappa shape index (κ3) is 4.53. The Morgan fingerprint density at radius 2 is 1.92 bits per heavy atom. The zero-order valence-electron chi connectivity index (χ0n) is 12.7. The van der Waals surface area contributed by atoms with Crippen molar-refractivity contribution < 1.29 is 23.9 Å². The number of nitrogens with zero attached hydrogens (tertiary/aromatic N) is 1. The monoisotopic (exact) mass is 395 g/mol. The fourth-order valence-electron chi connectivity index (χ4n) is 1.83. The van der Waals surface area contributed by atoms with Gasteiger partial charge in [-0.05, 0) is 40.2 Å². The van der Waals surface area contributed by atoms with Crippen molar-refractivity contribution in [2.24, 2.45) is 0 Å². The molecule has 0 spiro atoms. The Morgan fingerprint density at radius 3 is 2.58 bits per heavy atom. The molecule has 0 bridgehead atoms. The highest BCUT2D eigenvalue weighted by molar-refractivity contribution is 9.10. The maximum atomic E-state index is 12.2. The lowest BCUT2D eigenvalue weighted by molar-refractivity contribution is -0.385. The minimum Gasteiger partial charge on any atom is -0.490 e. The first kappa shape index (κ1) is 17.9. The largest absolute Gasteiger partial charge is 0.490 e. The molecule has 24 heavy (non-hydrogen) atoms. The second-order valence-corrected chi connectivity index (χ2v) is 5.46. The molecular weight excluding hydrogens is 382 g/mol. The lowest BCUT2D eigenvalue weighted by Crippen LogP contribution is -2.10. The molecule has 126 valence electrons. The molecule has 2 aromatic rings. The highest BCUT2D eigenvalue weighted by atomic mass is 79.9. The average Bonchev–Trinajstić information content (AvgIpc) is 2.56. The summed E-state index contributed by atoms with van der Waals surface area (Å²) >= 11 is 3.31. The van der Waals surface area contributed by atoms with Crippen molar-refractivity contribution in [1.82, 2.24) is 0 Å². The lowest BCUT2D eigenvalue weighted by Gasteiger charge is -2.09. The van der Waals surface area contributed by atoms with E-state index in [2.05, 4.69) is 15.9 Å². The molecule has 0 aliphatic carbocycles. The molecule has 2 rings (SSSR count). The second-order valence-electron chi connectivity index (χ2n) is 4.60. The summed E-state index contributed by atoms with van der Waals surface area (Å²) in [4.78, 5) is 22.5. The zero-order valence-corrected chi connectivity index (χ0v) is 14.3. The van der Waals surface area contributed by atoms with Crippen molar-refractivity contribution in [1.29, 1.82) is 0 Å². The first-order chi connectivity index (χ1) is 11.5. The highest BCUT2D eigenvalue weighted by Crippen LogP contribution is 2.29. The molecule has 0 fully saturated rings. The molecule has 0 aromatic heterocycles. The number of ether oxygens (including phenoxy) is 3. The first-order valence-corrected chi connectivity index (χ1v) is 7.69. The molecule has 0 heterocycles. The zero-order chi connectivity index (χ0) is 17.5. The minimum atomic E-state index is -0.701. The van der Waals surface area contributed by atoms with Crippen LogP contribution in [-0.2, 0) is 4.74 Å². The molecule has 2 aromatic carbocycles. The SMILES string of the molecule is COCCOc1ccc(C(=O)Oc2ccccc2[N+](=O)[O-])cc1Br. The summed E-state index contributed by atoms with van der Waals surface area (Å²) in [6, 6.07) is 10.3. The van der Waals surface area contributed by atoms with Gasteiger partial charge in [0.2, 0.25) is 5.75 Å².